The number of ether oxygens (including phenoxy) is 1. The summed E-state index contributed by atoms with van der Waals surface area (Å²) in [5.41, 5.74) is 0.496. The van der Waals surface area contributed by atoms with Crippen LogP contribution in [0, 0.1) is 29.1 Å². The molecule has 1 saturated heterocycles. The van der Waals surface area contributed by atoms with Gasteiger partial charge in [-0.3, -0.25) is 0 Å². The van der Waals surface area contributed by atoms with E-state index in [0.29, 0.717) is 12.2 Å². The van der Waals surface area contributed by atoms with Gasteiger partial charge < -0.3 is 14.7 Å². The summed E-state index contributed by atoms with van der Waals surface area (Å²) in [7, 11) is 1.37. The first-order valence-corrected chi connectivity index (χ1v) is 7.25. The molecule has 8 heteroatoms. The molecule has 1 N–H and O–H groups in total. The van der Waals surface area contributed by atoms with E-state index in [1.54, 1.807) is 0 Å². The number of piperidine rings is 1. The smallest absolute Gasteiger partial charge is 0.416 e. The number of hydrogen-bond donors (Lipinski definition) is 1. The van der Waals surface area contributed by atoms with E-state index in [1.165, 1.54) is 24.3 Å². The van der Waals surface area contributed by atoms with E-state index in [2.05, 4.69) is 4.98 Å². The quantitative estimate of drug-likeness (QED) is 0.919. The predicted molar refractivity (Wildman–Crippen MR) is 74.8 cm³/mol. The highest BCUT2D eigenvalue weighted by Crippen LogP contribution is 2.57. The SMILES string of the molecule is COc1cc(N2C[C@H]3[C@@H](C)[C@H]3[C@@H]2[C@H](O)C(F)(F)F)cnc1C#N. The average molecular weight is 327 g/mol. The van der Waals surface area contributed by atoms with Crippen LogP contribution in [0.15, 0.2) is 12.3 Å². The summed E-state index contributed by atoms with van der Waals surface area (Å²) < 4.78 is 44.1. The van der Waals surface area contributed by atoms with Crippen LogP contribution in [0.2, 0.25) is 0 Å². The molecule has 124 valence electrons. The second-order valence-electron chi connectivity index (χ2n) is 6.09. The number of anilines is 1. The van der Waals surface area contributed by atoms with Crippen molar-refractivity contribution in [1.82, 2.24) is 4.98 Å². The van der Waals surface area contributed by atoms with Gasteiger partial charge in [-0.2, -0.15) is 18.4 Å². The maximum Gasteiger partial charge on any atom is 0.416 e. The monoisotopic (exact) mass is 327 g/mol. The first kappa shape index (κ1) is 15.9. The Hall–Kier alpha value is -2.01. The van der Waals surface area contributed by atoms with Crippen molar-refractivity contribution in [2.75, 3.05) is 18.6 Å². The highest BCUT2D eigenvalue weighted by atomic mass is 19.4. The number of nitriles is 1. The molecule has 23 heavy (non-hydrogen) atoms. The van der Waals surface area contributed by atoms with Gasteiger partial charge in [-0.1, -0.05) is 6.92 Å². The molecule has 1 aliphatic carbocycles. The lowest BCUT2D eigenvalue weighted by Gasteiger charge is -2.34. The van der Waals surface area contributed by atoms with Crippen molar-refractivity contribution in [3.63, 3.8) is 0 Å². The van der Waals surface area contributed by atoms with Gasteiger partial charge in [-0.25, -0.2) is 4.98 Å². The van der Waals surface area contributed by atoms with Crippen molar-refractivity contribution >= 4 is 5.69 Å². The molecule has 1 aromatic rings. The van der Waals surface area contributed by atoms with E-state index in [0.717, 1.165) is 0 Å². The largest absolute Gasteiger partial charge is 0.494 e. The molecule has 1 aliphatic heterocycles. The minimum absolute atomic E-state index is 0.0712. The maximum atomic E-state index is 13.0. The Balaban J connectivity index is 1.94. The number of aliphatic hydroxyl groups is 1. The third-order valence-corrected chi connectivity index (χ3v) is 4.95. The van der Waals surface area contributed by atoms with E-state index in [-0.39, 0.29) is 29.2 Å². The van der Waals surface area contributed by atoms with E-state index in [1.807, 2.05) is 13.0 Å². The molecule has 0 radical (unpaired) electrons. The zero-order valence-electron chi connectivity index (χ0n) is 12.6. The lowest BCUT2D eigenvalue weighted by Crippen LogP contribution is -2.50. The molecule has 0 amide bonds. The number of nitrogens with zero attached hydrogens (tertiary/aromatic N) is 3. The van der Waals surface area contributed by atoms with Crippen molar-refractivity contribution in [3.05, 3.63) is 18.0 Å². The highest BCUT2D eigenvalue weighted by molar-refractivity contribution is 5.56. The van der Waals surface area contributed by atoms with Gasteiger partial charge in [-0.15, -0.1) is 0 Å². The fraction of sp³-hybridized carbons (Fsp3) is 0.600. The molecule has 1 aromatic heterocycles. The maximum absolute atomic E-state index is 13.0. The van der Waals surface area contributed by atoms with Gasteiger partial charge in [0.05, 0.1) is 25.0 Å². The Morgan fingerprint density at radius 3 is 2.78 bits per heavy atom. The summed E-state index contributed by atoms with van der Waals surface area (Å²) >= 11 is 0. The molecule has 0 spiro atoms. The molecule has 0 aromatic carbocycles. The van der Waals surface area contributed by atoms with Crippen molar-refractivity contribution in [3.8, 4) is 11.8 Å². The van der Waals surface area contributed by atoms with Gasteiger partial charge in [0.2, 0.25) is 0 Å². The Bertz CT molecular complexity index is 658. The van der Waals surface area contributed by atoms with Crippen LogP contribution in [0.25, 0.3) is 0 Å². The molecule has 5 nitrogen and oxygen atoms in total. The Kier molecular flexibility index (Phi) is 3.64. The van der Waals surface area contributed by atoms with Gasteiger partial charge in [-0.05, 0) is 17.8 Å². The lowest BCUT2D eigenvalue weighted by molar-refractivity contribution is -0.210. The number of hydrogen-bond acceptors (Lipinski definition) is 5. The van der Waals surface area contributed by atoms with Gasteiger partial charge >= 0.3 is 6.18 Å². The van der Waals surface area contributed by atoms with E-state index in [4.69, 9.17) is 10.00 Å². The number of aromatic nitrogens is 1. The van der Waals surface area contributed by atoms with Crippen molar-refractivity contribution in [2.45, 2.75) is 25.2 Å². The molecule has 3 rings (SSSR count). The van der Waals surface area contributed by atoms with Crippen LogP contribution in [0.1, 0.15) is 12.6 Å². The normalized spacial score (nSPS) is 30.6. The van der Waals surface area contributed by atoms with Crippen LogP contribution in [0.3, 0.4) is 0 Å². The average Bonchev–Trinajstić information content (AvgIpc) is 2.97. The number of alkyl halides is 3. The number of methoxy groups -OCH3 is 1. The molecule has 1 saturated carbocycles. The van der Waals surface area contributed by atoms with Crippen LogP contribution >= 0.6 is 0 Å². The number of aliphatic hydroxyl groups excluding tert-OH is 1. The lowest BCUT2D eigenvalue weighted by atomic mass is 10.0. The summed E-state index contributed by atoms with van der Waals surface area (Å²) in [4.78, 5) is 5.47. The molecule has 0 unspecified atom stereocenters. The third kappa shape index (κ3) is 2.49. The Morgan fingerprint density at radius 1 is 1.52 bits per heavy atom. The summed E-state index contributed by atoms with van der Waals surface area (Å²) in [6.07, 6.45) is -5.74. The molecular weight excluding hydrogens is 311 g/mol. The van der Waals surface area contributed by atoms with Crippen LogP contribution in [0.5, 0.6) is 5.75 Å². The summed E-state index contributed by atoms with van der Waals surface area (Å²) in [6.45, 7) is 2.33. The predicted octanol–water partition coefficient (Wildman–Crippen LogP) is 1.96. The first-order valence-electron chi connectivity index (χ1n) is 7.25. The van der Waals surface area contributed by atoms with Crippen molar-refractivity contribution in [1.29, 1.82) is 5.26 Å². The zero-order valence-corrected chi connectivity index (χ0v) is 12.6. The summed E-state index contributed by atoms with van der Waals surface area (Å²) in [5, 5.41) is 18.7. The standard InChI is InChI=1S/C15H16F3N3O2/c1-7-9-6-21(13(12(7)9)14(22)15(16,17)18)8-3-11(23-2)10(4-19)20-5-8/h3,5,7,9,12-14,22H,6H2,1-2H3/t7-,9+,12-,13-,14+/m1/s1. The molecule has 2 aliphatic rings. The minimum atomic E-state index is -4.68. The number of pyridine rings is 1. The highest BCUT2D eigenvalue weighted by Gasteiger charge is 2.64. The third-order valence-electron chi connectivity index (χ3n) is 4.95. The second kappa shape index (κ2) is 5.27. The first-order chi connectivity index (χ1) is 10.8. The number of fused-ring (bicyclic) bond motifs is 1. The molecule has 2 heterocycles. The molecule has 5 atom stereocenters. The van der Waals surface area contributed by atoms with Crippen LogP contribution in [0.4, 0.5) is 18.9 Å². The van der Waals surface area contributed by atoms with E-state index in [9.17, 15) is 18.3 Å². The Morgan fingerprint density at radius 2 is 2.22 bits per heavy atom. The van der Waals surface area contributed by atoms with Crippen molar-refractivity contribution < 1.29 is 23.0 Å². The Labute approximate surface area is 131 Å². The molecule has 2 fully saturated rings. The van der Waals surface area contributed by atoms with E-state index >= 15 is 0 Å². The zero-order chi connectivity index (χ0) is 16.9. The van der Waals surface area contributed by atoms with Gasteiger partial charge in [0.1, 0.15) is 6.07 Å². The number of rotatable bonds is 3. The molecular formula is C15H16F3N3O2. The fourth-order valence-corrected chi connectivity index (χ4v) is 3.67. The topological polar surface area (TPSA) is 69.4 Å². The van der Waals surface area contributed by atoms with Gasteiger partial charge in [0.15, 0.2) is 17.5 Å². The molecule has 0 bridgehead atoms. The minimum Gasteiger partial charge on any atom is -0.494 e. The summed E-state index contributed by atoms with van der Waals surface area (Å²) in [6, 6.07) is 2.33. The number of halogens is 3. The fourth-order valence-electron chi connectivity index (χ4n) is 3.67. The van der Waals surface area contributed by atoms with Crippen molar-refractivity contribution in [2.24, 2.45) is 17.8 Å². The second-order valence-corrected chi connectivity index (χ2v) is 6.09. The van der Waals surface area contributed by atoms with Gasteiger partial charge in [0, 0.05) is 12.6 Å². The van der Waals surface area contributed by atoms with E-state index < -0.39 is 18.3 Å². The summed E-state index contributed by atoms with van der Waals surface area (Å²) in [5.74, 6) is 0.326. The van der Waals surface area contributed by atoms with Crippen LogP contribution in [-0.4, -0.2) is 42.1 Å². The van der Waals surface area contributed by atoms with Crippen LogP contribution in [-0.2, 0) is 0 Å². The van der Waals surface area contributed by atoms with Crippen LogP contribution < -0.4 is 9.64 Å². The van der Waals surface area contributed by atoms with Gasteiger partial charge in [0.25, 0.3) is 0 Å².